The predicted octanol–water partition coefficient (Wildman–Crippen LogP) is 6.08. The van der Waals surface area contributed by atoms with Gasteiger partial charge in [0.1, 0.15) is 23.1 Å². The third-order valence-corrected chi connectivity index (χ3v) is 5.16. The second kappa shape index (κ2) is 8.00. The smallest absolute Gasteiger partial charge is 0.154 e. The first-order chi connectivity index (χ1) is 13.6. The highest BCUT2D eigenvalue weighted by Gasteiger charge is 2.18. The summed E-state index contributed by atoms with van der Waals surface area (Å²) in [5, 5.41) is 0. The highest BCUT2D eigenvalue weighted by molar-refractivity contribution is 5.84. The van der Waals surface area contributed by atoms with Crippen molar-refractivity contribution >= 4 is 6.21 Å². The first-order valence-corrected chi connectivity index (χ1v) is 9.61. The van der Waals surface area contributed by atoms with Gasteiger partial charge in [-0.05, 0) is 43.7 Å². The number of hydrogen-bond donors (Lipinski definition) is 2. The predicted molar refractivity (Wildman–Crippen MR) is 106 cm³/mol. The molecule has 1 aromatic carbocycles. The maximum absolute atomic E-state index is 13.5. The minimum absolute atomic E-state index is 0.107. The van der Waals surface area contributed by atoms with Crippen LogP contribution in [0.5, 0.6) is 11.5 Å². The van der Waals surface area contributed by atoms with E-state index in [1.165, 1.54) is 12.8 Å². The quantitative estimate of drug-likeness (QED) is 0.516. The molecule has 0 saturated heterocycles. The second-order valence-corrected chi connectivity index (χ2v) is 7.44. The highest BCUT2D eigenvalue weighted by atomic mass is 19.1. The van der Waals surface area contributed by atoms with E-state index in [0.29, 0.717) is 17.5 Å². The number of H-pyrrole nitrogens is 2. The Kier molecular flexibility index (Phi) is 5.28. The third-order valence-electron chi connectivity index (χ3n) is 5.16. The molecule has 28 heavy (non-hydrogen) atoms. The first-order valence-electron chi connectivity index (χ1n) is 9.61. The molecule has 0 bridgehead atoms. The molecule has 1 aliphatic carbocycles. The Hall–Kier alpha value is -2.89. The van der Waals surface area contributed by atoms with E-state index in [1.54, 1.807) is 12.3 Å². The van der Waals surface area contributed by atoms with Gasteiger partial charge in [0.25, 0.3) is 0 Å². The second-order valence-electron chi connectivity index (χ2n) is 7.44. The van der Waals surface area contributed by atoms with Crippen LogP contribution >= 0.6 is 0 Å². The van der Waals surface area contributed by atoms with E-state index in [0.717, 1.165) is 48.3 Å². The highest BCUT2D eigenvalue weighted by Crippen LogP contribution is 2.31. The van der Waals surface area contributed by atoms with Crippen LogP contribution in [0.15, 0.2) is 47.6 Å². The van der Waals surface area contributed by atoms with Gasteiger partial charge in [0, 0.05) is 36.7 Å². The van der Waals surface area contributed by atoms with E-state index in [-0.39, 0.29) is 5.75 Å². The summed E-state index contributed by atoms with van der Waals surface area (Å²) in [4.78, 5) is 11.1. The molecule has 0 atom stereocenters. The summed E-state index contributed by atoms with van der Waals surface area (Å²) in [6, 6.07) is 9.07. The molecule has 4 nitrogen and oxygen atoms in total. The molecule has 1 fully saturated rings. The zero-order valence-corrected chi connectivity index (χ0v) is 15.7. The maximum atomic E-state index is 13.5. The van der Waals surface area contributed by atoms with Gasteiger partial charge in [-0.1, -0.05) is 6.92 Å². The van der Waals surface area contributed by atoms with E-state index in [9.17, 15) is 8.78 Å². The molecule has 6 heteroatoms. The van der Waals surface area contributed by atoms with Gasteiger partial charge in [-0.25, -0.2) is 8.78 Å². The maximum Gasteiger partial charge on any atom is 0.154 e. The van der Waals surface area contributed by atoms with Crippen molar-refractivity contribution in [2.75, 3.05) is 0 Å². The zero-order chi connectivity index (χ0) is 19.5. The van der Waals surface area contributed by atoms with Crippen LogP contribution in [-0.2, 0) is 0 Å². The van der Waals surface area contributed by atoms with Crippen LogP contribution in [0.2, 0.25) is 0 Å². The van der Waals surface area contributed by atoms with Crippen molar-refractivity contribution in [1.29, 1.82) is 0 Å². The van der Waals surface area contributed by atoms with Crippen molar-refractivity contribution in [3.8, 4) is 22.9 Å². The number of hydrogen-bond acceptors (Lipinski definition) is 2. The number of ether oxygens (including phenoxy) is 1. The largest absolute Gasteiger partial charge is 0.455 e. The van der Waals surface area contributed by atoms with Crippen molar-refractivity contribution < 1.29 is 13.5 Å². The molecule has 146 valence electrons. The fourth-order valence-electron chi connectivity index (χ4n) is 3.56. The van der Waals surface area contributed by atoms with Crippen LogP contribution in [0.25, 0.3) is 11.4 Å². The lowest BCUT2D eigenvalue weighted by molar-refractivity contribution is 0.350. The minimum atomic E-state index is -0.679. The lowest BCUT2D eigenvalue weighted by atomic mass is 9.88. The molecule has 2 heterocycles. The summed E-state index contributed by atoms with van der Waals surface area (Å²) in [5.41, 5.74) is 2.38. The fourth-order valence-corrected chi connectivity index (χ4v) is 3.56. The van der Waals surface area contributed by atoms with E-state index in [4.69, 9.17) is 9.73 Å². The minimum Gasteiger partial charge on any atom is -0.455 e. The molecular weight excluding hydrogens is 360 g/mol. The van der Waals surface area contributed by atoms with Gasteiger partial charge in [-0.3, -0.25) is 4.99 Å². The van der Waals surface area contributed by atoms with E-state index in [2.05, 4.69) is 16.9 Å². The normalized spacial score (nSPS) is 20.0. The van der Waals surface area contributed by atoms with Crippen LogP contribution in [-0.4, -0.2) is 22.2 Å². The molecular formula is C22H23F2N3O. The standard InChI is InChI=1S/C22H23F2N3O/c1-14-4-6-17(7-5-14)26-13-21-22(12-20(27-21)19-3-2-8-25-19)28-18-10-15(23)9-16(24)11-18/h2-3,8-14,17,25,27H,4-7H2,1H3. The molecule has 0 spiro atoms. The summed E-state index contributed by atoms with van der Waals surface area (Å²) in [6.45, 7) is 2.28. The molecule has 2 aromatic heterocycles. The topological polar surface area (TPSA) is 53.2 Å². The molecule has 0 amide bonds. The SMILES string of the molecule is CC1CCC(N=Cc2[nH]c(-c3ccc[nH]3)cc2Oc2cc(F)cc(F)c2)CC1. The van der Waals surface area contributed by atoms with Crippen molar-refractivity contribution in [3.63, 3.8) is 0 Å². The van der Waals surface area contributed by atoms with Gasteiger partial charge < -0.3 is 14.7 Å². The summed E-state index contributed by atoms with van der Waals surface area (Å²) in [5.74, 6) is -0.0141. The van der Waals surface area contributed by atoms with Gasteiger partial charge in [0.15, 0.2) is 5.75 Å². The van der Waals surface area contributed by atoms with Crippen LogP contribution in [0, 0.1) is 17.6 Å². The monoisotopic (exact) mass is 383 g/mol. The number of aromatic amines is 2. The molecule has 0 radical (unpaired) electrons. The fraction of sp³-hybridized carbons (Fsp3) is 0.318. The number of nitrogens with one attached hydrogen (secondary N) is 2. The van der Waals surface area contributed by atoms with Gasteiger partial charge in [0.05, 0.1) is 17.4 Å². The Morgan fingerprint density at radius 1 is 1.04 bits per heavy atom. The number of rotatable bonds is 5. The number of aliphatic imine (C=N–C) groups is 1. The van der Waals surface area contributed by atoms with Crippen molar-refractivity contribution in [2.24, 2.45) is 10.9 Å². The Labute approximate surface area is 162 Å². The lowest BCUT2D eigenvalue weighted by Crippen LogP contribution is -2.15. The number of nitrogens with zero attached hydrogens (tertiary/aromatic N) is 1. The summed E-state index contributed by atoms with van der Waals surface area (Å²) < 4.78 is 32.8. The van der Waals surface area contributed by atoms with Gasteiger partial charge >= 0.3 is 0 Å². The van der Waals surface area contributed by atoms with Gasteiger partial charge in [-0.2, -0.15) is 0 Å². The van der Waals surface area contributed by atoms with E-state index >= 15 is 0 Å². The molecule has 1 aliphatic rings. The van der Waals surface area contributed by atoms with Crippen molar-refractivity contribution in [2.45, 2.75) is 38.6 Å². The Balaban J connectivity index is 1.61. The average Bonchev–Trinajstić information content (AvgIpc) is 3.30. The Bertz CT molecular complexity index is 934. The van der Waals surface area contributed by atoms with Crippen molar-refractivity contribution in [1.82, 2.24) is 9.97 Å². The molecule has 3 aromatic rings. The van der Waals surface area contributed by atoms with E-state index < -0.39 is 11.6 Å². The van der Waals surface area contributed by atoms with Crippen LogP contribution < -0.4 is 4.74 Å². The number of benzene rings is 1. The van der Waals surface area contributed by atoms with Crippen LogP contribution in [0.3, 0.4) is 0 Å². The average molecular weight is 383 g/mol. The Morgan fingerprint density at radius 2 is 1.79 bits per heavy atom. The first kappa shape index (κ1) is 18.5. The zero-order valence-electron chi connectivity index (χ0n) is 15.7. The van der Waals surface area contributed by atoms with Crippen LogP contribution in [0.4, 0.5) is 8.78 Å². The molecule has 0 unspecified atom stereocenters. The molecule has 4 rings (SSSR count). The lowest BCUT2D eigenvalue weighted by Gasteiger charge is -2.22. The number of halogens is 2. The Morgan fingerprint density at radius 3 is 2.46 bits per heavy atom. The van der Waals surface area contributed by atoms with Crippen LogP contribution in [0.1, 0.15) is 38.3 Å². The van der Waals surface area contributed by atoms with Gasteiger partial charge in [-0.15, -0.1) is 0 Å². The molecule has 1 saturated carbocycles. The summed E-state index contributed by atoms with van der Waals surface area (Å²) in [7, 11) is 0. The summed E-state index contributed by atoms with van der Waals surface area (Å²) >= 11 is 0. The summed E-state index contributed by atoms with van der Waals surface area (Å²) in [6.07, 6.45) is 8.13. The molecule has 2 N–H and O–H groups in total. The number of aromatic nitrogens is 2. The van der Waals surface area contributed by atoms with Crippen molar-refractivity contribution in [3.05, 3.63) is 59.9 Å². The molecule has 0 aliphatic heterocycles. The van der Waals surface area contributed by atoms with E-state index in [1.807, 2.05) is 18.3 Å². The van der Waals surface area contributed by atoms with Gasteiger partial charge in [0.2, 0.25) is 0 Å². The third kappa shape index (κ3) is 4.32.